The van der Waals surface area contributed by atoms with Crippen LogP contribution in [0, 0.1) is 34.5 Å². The van der Waals surface area contributed by atoms with E-state index in [0.717, 1.165) is 24.8 Å². The maximum absolute atomic E-state index is 8.87. The van der Waals surface area contributed by atoms with E-state index in [1.165, 1.54) is 0 Å². The molecule has 1 aliphatic carbocycles. The first-order valence-electron chi connectivity index (χ1n) is 5.13. The summed E-state index contributed by atoms with van der Waals surface area (Å²) in [7, 11) is 0. The predicted octanol–water partition coefficient (Wildman–Crippen LogP) is 3.11. The SMILES string of the molecule is C=C=CC1C(=C(C#N)C#N)CCCC1C. The lowest BCUT2D eigenvalue weighted by Gasteiger charge is -2.28. The largest absolute Gasteiger partial charge is 0.192 e. The minimum absolute atomic E-state index is 0.172. The van der Waals surface area contributed by atoms with E-state index in [-0.39, 0.29) is 11.5 Å². The van der Waals surface area contributed by atoms with Crippen molar-refractivity contribution in [1.29, 1.82) is 10.5 Å². The van der Waals surface area contributed by atoms with Crippen LogP contribution in [0.15, 0.2) is 29.5 Å². The summed E-state index contributed by atoms with van der Waals surface area (Å²) in [6.07, 6.45) is 4.93. The normalized spacial score (nSPS) is 24.6. The van der Waals surface area contributed by atoms with Crippen molar-refractivity contribution in [2.75, 3.05) is 0 Å². The van der Waals surface area contributed by atoms with Gasteiger partial charge in [0.25, 0.3) is 0 Å². The zero-order valence-corrected chi connectivity index (χ0v) is 8.95. The Hall–Kier alpha value is -1.76. The monoisotopic (exact) mass is 198 g/mol. The first-order valence-corrected chi connectivity index (χ1v) is 5.13. The lowest BCUT2D eigenvalue weighted by Crippen LogP contribution is -2.18. The summed E-state index contributed by atoms with van der Waals surface area (Å²) in [5.74, 6) is 0.644. The van der Waals surface area contributed by atoms with Gasteiger partial charge in [0.15, 0.2) is 0 Å². The molecule has 76 valence electrons. The van der Waals surface area contributed by atoms with Crippen molar-refractivity contribution in [2.45, 2.75) is 26.2 Å². The number of nitriles is 2. The lowest BCUT2D eigenvalue weighted by atomic mass is 9.75. The summed E-state index contributed by atoms with van der Waals surface area (Å²) in [6.45, 7) is 5.71. The Balaban J connectivity index is 3.16. The summed E-state index contributed by atoms with van der Waals surface area (Å²) in [5, 5.41) is 17.7. The molecule has 0 N–H and O–H groups in total. The molecule has 2 heteroatoms. The predicted molar refractivity (Wildman–Crippen MR) is 58.5 cm³/mol. The van der Waals surface area contributed by atoms with Gasteiger partial charge in [-0.3, -0.25) is 0 Å². The molecule has 2 atom stereocenters. The van der Waals surface area contributed by atoms with Gasteiger partial charge in [0.1, 0.15) is 17.7 Å². The van der Waals surface area contributed by atoms with E-state index in [0.29, 0.717) is 5.92 Å². The molecule has 2 unspecified atom stereocenters. The molecule has 1 saturated carbocycles. The van der Waals surface area contributed by atoms with Crippen molar-refractivity contribution < 1.29 is 0 Å². The third kappa shape index (κ3) is 2.38. The van der Waals surface area contributed by atoms with E-state index in [2.05, 4.69) is 19.2 Å². The summed E-state index contributed by atoms with van der Waals surface area (Å²) in [5.41, 5.74) is 4.02. The minimum Gasteiger partial charge on any atom is -0.192 e. The Morgan fingerprint density at radius 2 is 2.13 bits per heavy atom. The highest BCUT2D eigenvalue weighted by molar-refractivity contribution is 5.42. The maximum Gasteiger partial charge on any atom is 0.129 e. The van der Waals surface area contributed by atoms with E-state index >= 15 is 0 Å². The molecule has 0 saturated heterocycles. The van der Waals surface area contributed by atoms with Crippen LogP contribution in [-0.2, 0) is 0 Å². The van der Waals surface area contributed by atoms with Gasteiger partial charge in [0, 0.05) is 5.92 Å². The van der Waals surface area contributed by atoms with E-state index in [9.17, 15) is 0 Å². The van der Waals surface area contributed by atoms with Crippen molar-refractivity contribution in [1.82, 2.24) is 0 Å². The molecular weight excluding hydrogens is 184 g/mol. The molecule has 1 aliphatic rings. The van der Waals surface area contributed by atoms with Gasteiger partial charge >= 0.3 is 0 Å². The molecule has 0 spiro atoms. The molecule has 0 amide bonds. The highest BCUT2D eigenvalue weighted by Gasteiger charge is 2.26. The van der Waals surface area contributed by atoms with Crippen molar-refractivity contribution in [3.05, 3.63) is 29.5 Å². The molecular formula is C13H14N2. The van der Waals surface area contributed by atoms with Gasteiger partial charge < -0.3 is 0 Å². The fraction of sp³-hybridized carbons (Fsp3) is 0.462. The van der Waals surface area contributed by atoms with Crippen LogP contribution in [0.25, 0.3) is 0 Å². The molecule has 0 aliphatic heterocycles. The third-order valence-corrected chi connectivity index (χ3v) is 2.96. The fourth-order valence-corrected chi connectivity index (χ4v) is 2.16. The second-order valence-electron chi connectivity index (χ2n) is 3.89. The Labute approximate surface area is 90.8 Å². The van der Waals surface area contributed by atoms with E-state index in [1.807, 2.05) is 18.2 Å². The van der Waals surface area contributed by atoms with E-state index in [1.54, 1.807) is 0 Å². The second-order valence-corrected chi connectivity index (χ2v) is 3.89. The Morgan fingerprint density at radius 3 is 2.67 bits per heavy atom. The van der Waals surface area contributed by atoms with Gasteiger partial charge in [-0.25, -0.2) is 0 Å². The van der Waals surface area contributed by atoms with Gasteiger partial charge in [-0.2, -0.15) is 10.5 Å². The minimum atomic E-state index is 0.172. The van der Waals surface area contributed by atoms with Crippen molar-refractivity contribution in [3.63, 3.8) is 0 Å². The van der Waals surface area contributed by atoms with Crippen molar-refractivity contribution >= 4 is 0 Å². The second kappa shape index (κ2) is 5.20. The molecule has 0 radical (unpaired) electrons. The van der Waals surface area contributed by atoms with Crippen LogP contribution in [-0.4, -0.2) is 0 Å². The van der Waals surface area contributed by atoms with Gasteiger partial charge in [-0.1, -0.05) is 13.5 Å². The topological polar surface area (TPSA) is 47.6 Å². The third-order valence-electron chi connectivity index (χ3n) is 2.96. The molecule has 0 bridgehead atoms. The molecule has 15 heavy (non-hydrogen) atoms. The summed E-state index contributed by atoms with van der Waals surface area (Å²) in [4.78, 5) is 0. The number of hydrogen-bond acceptors (Lipinski definition) is 2. The van der Waals surface area contributed by atoms with Crippen LogP contribution in [0.5, 0.6) is 0 Å². The Kier molecular flexibility index (Phi) is 3.92. The average molecular weight is 198 g/mol. The lowest BCUT2D eigenvalue weighted by molar-refractivity contribution is 0.378. The van der Waals surface area contributed by atoms with Crippen LogP contribution in [0.1, 0.15) is 26.2 Å². The standard InChI is InChI=1S/C13H14N2/c1-3-5-12-10(2)6-4-7-13(12)11(8-14)9-15/h5,10,12H,1,4,6-7H2,2H3. The zero-order chi connectivity index (χ0) is 11.3. The molecule has 0 aromatic rings. The maximum atomic E-state index is 8.87. The van der Waals surface area contributed by atoms with Crippen LogP contribution in [0.3, 0.4) is 0 Å². The van der Waals surface area contributed by atoms with Crippen LogP contribution in [0.2, 0.25) is 0 Å². The zero-order valence-electron chi connectivity index (χ0n) is 8.95. The van der Waals surface area contributed by atoms with Gasteiger partial charge in [0.05, 0.1) is 0 Å². The summed E-state index contributed by atoms with van der Waals surface area (Å²) >= 11 is 0. The van der Waals surface area contributed by atoms with Gasteiger partial charge in [-0.05, 0) is 36.8 Å². The first kappa shape index (κ1) is 11.3. The molecule has 2 nitrogen and oxygen atoms in total. The summed E-state index contributed by atoms with van der Waals surface area (Å²) in [6, 6.07) is 3.96. The highest BCUT2D eigenvalue weighted by Crippen LogP contribution is 2.36. The van der Waals surface area contributed by atoms with Crippen molar-refractivity contribution in [2.24, 2.45) is 11.8 Å². The van der Waals surface area contributed by atoms with Gasteiger partial charge in [-0.15, -0.1) is 5.73 Å². The Morgan fingerprint density at radius 1 is 1.47 bits per heavy atom. The number of hydrogen-bond donors (Lipinski definition) is 0. The summed E-state index contributed by atoms with van der Waals surface area (Å²) < 4.78 is 0. The van der Waals surface area contributed by atoms with Crippen LogP contribution in [0.4, 0.5) is 0 Å². The molecule has 1 rings (SSSR count). The smallest absolute Gasteiger partial charge is 0.129 e. The van der Waals surface area contributed by atoms with Crippen LogP contribution >= 0.6 is 0 Å². The molecule has 0 aromatic heterocycles. The van der Waals surface area contributed by atoms with Crippen LogP contribution < -0.4 is 0 Å². The van der Waals surface area contributed by atoms with Gasteiger partial charge in [0.2, 0.25) is 0 Å². The van der Waals surface area contributed by atoms with E-state index in [4.69, 9.17) is 10.5 Å². The Bertz CT molecular complexity index is 381. The molecule has 0 heterocycles. The average Bonchev–Trinajstić information content (AvgIpc) is 2.24. The number of nitrogens with zero attached hydrogens (tertiary/aromatic N) is 2. The number of allylic oxidation sites excluding steroid dienone is 3. The van der Waals surface area contributed by atoms with E-state index < -0.39 is 0 Å². The first-order chi connectivity index (χ1) is 7.24. The highest BCUT2D eigenvalue weighted by atomic mass is 14.3. The molecule has 0 aromatic carbocycles. The number of rotatable bonds is 1. The van der Waals surface area contributed by atoms with Crippen molar-refractivity contribution in [3.8, 4) is 12.1 Å². The quantitative estimate of drug-likeness (QED) is 0.480. The molecule has 1 fully saturated rings. The fourth-order valence-electron chi connectivity index (χ4n) is 2.16.